The summed E-state index contributed by atoms with van der Waals surface area (Å²) in [6.45, 7) is 3.53. The van der Waals surface area contributed by atoms with Gasteiger partial charge in [-0.15, -0.1) is 0 Å². The van der Waals surface area contributed by atoms with Crippen LogP contribution in [-0.2, 0) is 4.79 Å². The zero-order chi connectivity index (χ0) is 25.8. The van der Waals surface area contributed by atoms with Gasteiger partial charge in [0.1, 0.15) is 5.69 Å². The first-order chi connectivity index (χ1) is 16.5. The molecule has 3 rings (SSSR count). The first kappa shape index (κ1) is 26.6. The van der Waals surface area contributed by atoms with Crippen molar-refractivity contribution in [2.75, 3.05) is 50.0 Å². The first-order valence-corrected chi connectivity index (χ1v) is 11.9. The number of anilines is 2. The van der Waals surface area contributed by atoms with E-state index in [0.717, 1.165) is 6.42 Å². The number of nitro groups is 1. The van der Waals surface area contributed by atoms with Crippen molar-refractivity contribution in [2.45, 2.75) is 45.2 Å². The van der Waals surface area contributed by atoms with Crippen molar-refractivity contribution in [1.82, 2.24) is 10.2 Å². The summed E-state index contributed by atoms with van der Waals surface area (Å²) in [5.74, 6) is -2.08. The molecule has 2 aliphatic rings. The molecule has 0 spiro atoms. The van der Waals surface area contributed by atoms with Gasteiger partial charge in [0, 0.05) is 39.3 Å². The Bertz CT molecular complexity index is 948. The van der Waals surface area contributed by atoms with E-state index in [0.29, 0.717) is 38.2 Å². The molecule has 1 aliphatic heterocycles. The third-order valence-electron chi connectivity index (χ3n) is 6.78. The number of nitrogens with one attached hydrogen (secondary N) is 2. The van der Waals surface area contributed by atoms with Crippen LogP contribution in [0.5, 0.6) is 0 Å². The van der Waals surface area contributed by atoms with E-state index < -0.39 is 22.9 Å². The average molecular weight is 500 g/mol. The summed E-state index contributed by atoms with van der Waals surface area (Å²) in [4.78, 5) is 39.9. The van der Waals surface area contributed by atoms with Crippen molar-refractivity contribution in [2.24, 2.45) is 11.8 Å². The van der Waals surface area contributed by atoms with E-state index >= 15 is 0 Å². The number of nitrogens with zero attached hydrogens (tertiary/aromatic N) is 3. The number of hydrogen-bond acceptors (Lipinski definition) is 6. The number of hydrogen-bond donors (Lipinski definition) is 2. The lowest BCUT2D eigenvalue weighted by Gasteiger charge is -2.34. The van der Waals surface area contributed by atoms with Crippen LogP contribution < -0.4 is 15.5 Å². The van der Waals surface area contributed by atoms with Gasteiger partial charge in [-0.2, -0.15) is 13.2 Å². The van der Waals surface area contributed by atoms with E-state index in [1.165, 1.54) is 12.1 Å². The Kier molecular flexibility index (Phi) is 8.44. The second-order valence-electron chi connectivity index (χ2n) is 9.28. The summed E-state index contributed by atoms with van der Waals surface area (Å²) in [5.41, 5.74) is 0.493. The molecule has 9 nitrogen and oxygen atoms in total. The van der Waals surface area contributed by atoms with Crippen molar-refractivity contribution in [3.05, 3.63) is 27.8 Å². The molecule has 12 heteroatoms. The van der Waals surface area contributed by atoms with Gasteiger partial charge in [-0.3, -0.25) is 19.7 Å². The fraction of sp³-hybridized carbons (Fsp3) is 0.652. The number of carbonyl (C=O) groups excluding carboxylic acids is 2. The number of carbonyl (C=O) groups is 2. The van der Waals surface area contributed by atoms with Crippen LogP contribution >= 0.6 is 0 Å². The molecular weight excluding hydrogens is 467 g/mol. The lowest BCUT2D eigenvalue weighted by molar-refractivity contribution is -0.384. The Morgan fingerprint density at radius 1 is 1.20 bits per heavy atom. The Morgan fingerprint density at radius 2 is 1.89 bits per heavy atom. The molecule has 0 bridgehead atoms. The predicted molar refractivity (Wildman–Crippen MR) is 126 cm³/mol. The summed E-state index contributed by atoms with van der Waals surface area (Å²) < 4.78 is 38.8. The molecule has 2 fully saturated rings. The molecule has 0 aromatic heterocycles. The molecule has 2 amide bonds. The zero-order valence-electron chi connectivity index (χ0n) is 20.0. The quantitative estimate of drug-likeness (QED) is 0.416. The number of nitro benzene ring substituents is 1. The van der Waals surface area contributed by atoms with E-state index in [2.05, 4.69) is 10.6 Å². The highest BCUT2D eigenvalue weighted by molar-refractivity contribution is 6.02. The number of likely N-dealkylation sites (N-methyl/N-ethyl adjacent to an activating group) is 1. The van der Waals surface area contributed by atoms with Crippen LogP contribution in [0.15, 0.2) is 12.1 Å². The second kappa shape index (κ2) is 11.1. The molecule has 1 aliphatic carbocycles. The summed E-state index contributed by atoms with van der Waals surface area (Å²) in [6, 6.07) is 2.75. The number of benzene rings is 1. The van der Waals surface area contributed by atoms with Gasteiger partial charge in [-0.1, -0.05) is 6.92 Å². The number of halogens is 3. The number of piperazine rings is 1. The Hall–Kier alpha value is -3.05. The smallest absolute Gasteiger partial charge is 0.379 e. The standard InChI is InChI=1S/C23H32F3N5O4/c1-3-8-27-18-12-19(30-10-9-29(2)21(32)14-30)17(11-20(18)31(34)35)22(33)28-13-15-4-6-16(7-5-15)23(24,25)26/h11-12,15-16,27H,3-10,13-14H2,1-2H3,(H,28,33). The second-order valence-corrected chi connectivity index (χ2v) is 9.28. The van der Waals surface area contributed by atoms with Crippen molar-refractivity contribution >= 4 is 28.9 Å². The summed E-state index contributed by atoms with van der Waals surface area (Å²) in [6.07, 6.45) is -2.70. The summed E-state index contributed by atoms with van der Waals surface area (Å²) >= 11 is 0. The van der Waals surface area contributed by atoms with E-state index in [1.807, 2.05) is 6.92 Å². The molecule has 1 saturated carbocycles. The van der Waals surface area contributed by atoms with Gasteiger partial charge < -0.3 is 20.4 Å². The van der Waals surface area contributed by atoms with Gasteiger partial charge in [0.25, 0.3) is 11.6 Å². The highest BCUT2D eigenvalue weighted by atomic mass is 19.4. The minimum Gasteiger partial charge on any atom is -0.379 e. The molecule has 1 aromatic rings. The summed E-state index contributed by atoms with van der Waals surface area (Å²) in [7, 11) is 1.69. The number of alkyl halides is 3. The molecule has 35 heavy (non-hydrogen) atoms. The van der Waals surface area contributed by atoms with Gasteiger partial charge in [0.05, 0.1) is 28.6 Å². The van der Waals surface area contributed by atoms with Crippen LogP contribution in [0, 0.1) is 22.0 Å². The van der Waals surface area contributed by atoms with Crippen molar-refractivity contribution in [1.29, 1.82) is 0 Å². The molecule has 0 radical (unpaired) electrons. The van der Waals surface area contributed by atoms with E-state index in [9.17, 15) is 32.9 Å². The van der Waals surface area contributed by atoms with Crippen LogP contribution in [0.25, 0.3) is 0 Å². The third kappa shape index (κ3) is 6.55. The van der Waals surface area contributed by atoms with Crippen molar-refractivity contribution in [3.8, 4) is 0 Å². The SMILES string of the molecule is CCCNc1cc(N2CCN(C)C(=O)C2)c(C(=O)NCC2CCC(C(F)(F)F)CC2)cc1[N+](=O)[O-]. The van der Waals surface area contributed by atoms with Gasteiger partial charge >= 0.3 is 6.18 Å². The Morgan fingerprint density at radius 3 is 2.46 bits per heavy atom. The molecule has 2 N–H and O–H groups in total. The fourth-order valence-electron chi connectivity index (χ4n) is 4.56. The van der Waals surface area contributed by atoms with Crippen molar-refractivity contribution in [3.63, 3.8) is 0 Å². The minimum absolute atomic E-state index is 0.0297. The maximum atomic E-state index is 13.2. The van der Waals surface area contributed by atoms with Gasteiger partial charge in [0.15, 0.2) is 0 Å². The highest BCUT2D eigenvalue weighted by Gasteiger charge is 2.41. The molecule has 1 saturated heterocycles. The first-order valence-electron chi connectivity index (χ1n) is 11.9. The molecular formula is C23H32F3N5O4. The molecule has 0 unspecified atom stereocenters. The monoisotopic (exact) mass is 499 g/mol. The third-order valence-corrected chi connectivity index (χ3v) is 6.78. The molecule has 194 valence electrons. The van der Waals surface area contributed by atoms with E-state index in [-0.39, 0.29) is 54.7 Å². The van der Waals surface area contributed by atoms with E-state index in [4.69, 9.17) is 0 Å². The highest BCUT2D eigenvalue weighted by Crippen LogP contribution is 2.39. The van der Waals surface area contributed by atoms with Gasteiger partial charge in [-0.25, -0.2) is 0 Å². The van der Waals surface area contributed by atoms with Crippen LogP contribution in [-0.4, -0.2) is 67.6 Å². The lowest BCUT2D eigenvalue weighted by Crippen LogP contribution is -2.49. The minimum atomic E-state index is -4.20. The van der Waals surface area contributed by atoms with Crippen LogP contribution in [0.3, 0.4) is 0 Å². The average Bonchev–Trinajstić information content (AvgIpc) is 2.82. The topological polar surface area (TPSA) is 108 Å². The predicted octanol–water partition coefficient (Wildman–Crippen LogP) is 3.79. The summed E-state index contributed by atoms with van der Waals surface area (Å²) in [5, 5.41) is 17.5. The largest absolute Gasteiger partial charge is 0.391 e. The van der Waals surface area contributed by atoms with Gasteiger partial charge in [-0.05, 0) is 44.1 Å². The zero-order valence-corrected chi connectivity index (χ0v) is 20.0. The number of amides is 2. The Labute approximate surface area is 202 Å². The van der Waals surface area contributed by atoms with Crippen molar-refractivity contribution < 1.29 is 27.7 Å². The van der Waals surface area contributed by atoms with Gasteiger partial charge in [0.2, 0.25) is 5.91 Å². The van der Waals surface area contributed by atoms with E-state index in [1.54, 1.807) is 16.8 Å². The Balaban J connectivity index is 1.81. The fourth-order valence-corrected chi connectivity index (χ4v) is 4.56. The normalized spacial score (nSPS) is 21.1. The maximum Gasteiger partial charge on any atom is 0.391 e. The maximum absolute atomic E-state index is 13.2. The lowest BCUT2D eigenvalue weighted by atomic mass is 9.81. The number of rotatable bonds is 8. The molecule has 1 aromatic carbocycles. The molecule has 1 heterocycles. The molecule has 0 atom stereocenters. The van der Waals surface area contributed by atoms with Crippen LogP contribution in [0.4, 0.5) is 30.2 Å². The van der Waals surface area contributed by atoms with Crippen LogP contribution in [0.2, 0.25) is 0 Å². The van der Waals surface area contributed by atoms with Crippen LogP contribution in [0.1, 0.15) is 49.4 Å².